The molecule has 4 rings (SSSR count). The van der Waals surface area contributed by atoms with Crippen LogP contribution in [0.2, 0.25) is 0 Å². The van der Waals surface area contributed by atoms with Crippen LogP contribution in [0.25, 0.3) is 21.9 Å². The molecule has 0 aromatic heterocycles. The van der Waals surface area contributed by atoms with E-state index in [0.717, 1.165) is 27.5 Å². The first-order valence-electron chi connectivity index (χ1n) is 10.3. The summed E-state index contributed by atoms with van der Waals surface area (Å²) < 4.78 is 16.6. The second-order valence-corrected chi connectivity index (χ2v) is 7.47. The number of rotatable bonds is 6. The maximum atomic E-state index is 12.5. The highest BCUT2D eigenvalue weighted by Crippen LogP contribution is 2.34. The molecule has 1 amide bonds. The standard InChI is InChI=1S/C25H27NO4/c1-18(28-2)19-7-9-20(10-8-19)24-16-22(15-21-5-3-4-6-23(21)24)30-17-25(27)26-11-13-29-14-12-26/h3-10,15-16,18H,11-14,17H2,1-2H3. The van der Waals surface area contributed by atoms with Gasteiger partial charge in [-0.1, -0.05) is 48.5 Å². The maximum Gasteiger partial charge on any atom is 0.260 e. The number of fused-ring (bicyclic) bond motifs is 1. The number of hydrogen-bond donors (Lipinski definition) is 0. The Bertz CT molecular complexity index is 1010. The topological polar surface area (TPSA) is 48.0 Å². The Morgan fingerprint density at radius 2 is 1.80 bits per heavy atom. The van der Waals surface area contributed by atoms with Crippen LogP contribution in [-0.2, 0) is 14.3 Å². The molecular weight excluding hydrogens is 378 g/mol. The lowest BCUT2D eigenvalue weighted by atomic mass is 9.96. The molecule has 1 fully saturated rings. The van der Waals surface area contributed by atoms with Gasteiger partial charge in [-0.3, -0.25) is 4.79 Å². The van der Waals surface area contributed by atoms with Gasteiger partial charge < -0.3 is 19.1 Å². The molecule has 1 unspecified atom stereocenters. The molecule has 0 saturated carbocycles. The number of morpholine rings is 1. The van der Waals surface area contributed by atoms with Gasteiger partial charge in [0.05, 0.1) is 19.3 Å². The number of benzene rings is 3. The summed E-state index contributed by atoms with van der Waals surface area (Å²) in [5.74, 6) is 0.686. The lowest BCUT2D eigenvalue weighted by Crippen LogP contribution is -2.42. The van der Waals surface area contributed by atoms with Crippen molar-refractivity contribution < 1.29 is 19.0 Å². The summed E-state index contributed by atoms with van der Waals surface area (Å²) in [5, 5.41) is 2.23. The SMILES string of the molecule is COC(C)c1ccc(-c2cc(OCC(=O)N3CCOCC3)cc3ccccc23)cc1. The summed E-state index contributed by atoms with van der Waals surface area (Å²) in [5.41, 5.74) is 3.32. The van der Waals surface area contributed by atoms with Crippen molar-refractivity contribution in [2.75, 3.05) is 40.0 Å². The van der Waals surface area contributed by atoms with Crippen molar-refractivity contribution in [2.24, 2.45) is 0 Å². The number of methoxy groups -OCH3 is 1. The second kappa shape index (κ2) is 9.28. The van der Waals surface area contributed by atoms with Crippen molar-refractivity contribution in [3.8, 4) is 16.9 Å². The summed E-state index contributed by atoms with van der Waals surface area (Å²) in [7, 11) is 1.71. The maximum absolute atomic E-state index is 12.5. The predicted molar refractivity (Wildman–Crippen MR) is 118 cm³/mol. The average Bonchev–Trinajstić information content (AvgIpc) is 2.82. The molecule has 1 saturated heterocycles. The molecule has 0 radical (unpaired) electrons. The molecule has 0 bridgehead atoms. The number of hydrogen-bond acceptors (Lipinski definition) is 4. The highest BCUT2D eigenvalue weighted by atomic mass is 16.5. The van der Waals surface area contributed by atoms with Crippen LogP contribution in [0, 0.1) is 0 Å². The van der Waals surface area contributed by atoms with Gasteiger partial charge in [0.15, 0.2) is 6.61 Å². The van der Waals surface area contributed by atoms with Crippen LogP contribution in [0.4, 0.5) is 0 Å². The predicted octanol–water partition coefficient (Wildman–Crippen LogP) is 4.45. The minimum Gasteiger partial charge on any atom is -0.484 e. The van der Waals surface area contributed by atoms with E-state index in [9.17, 15) is 4.79 Å². The number of ether oxygens (including phenoxy) is 3. The Morgan fingerprint density at radius 3 is 2.53 bits per heavy atom. The van der Waals surface area contributed by atoms with Gasteiger partial charge in [0.1, 0.15) is 5.75 Å². The summed E-state index contributed by atoms with van der Waals surface area (Å²) in [6, 6.07) is 20.6. The van der Waals surface area contributed by atoms with Gasteiger partial charge in [0, 0.05) is 20.2 Å². The smallest absolute Gasteiger partial charge is 0.260 e. The van der Waals surface area contributed by atoms with Crippen molar-refractivity contribution in [1.29, 1.82) is 0 Å². The second-order valence-electron chi connectivity index (χ2n) is 7.47. The monoisotopic (exact) mass is 405 g/mol. The van der Waals surface area contributed by atoms with Gasteiger partial charge in [0.25, 0.3) is 5.91 Å². The summed E-state index contributed by atoms with van der Waals surface area (Å²) in [6.07, 6.45) is 0.0525. The molecule has 3 aromatic rings. The first-order chi connectivity index (χ1) is 14.7. The minimum absolute atomic E-state index is 0.00841. The Balaban J connectivity index is 1.60. The van der Waals surface area contributed by atoms with Gasteiger partial charge in [-0.2, -0.15) is 0 Å². The molecule has 3 aromatic carbocycles. The van der Waals surface area contributed by atoms with Gasteiger partial charge in [-0.25, -0.2) is 0 Å². The van der Waals surface area contributed by atoms with E-state index in [-0.39, 0.29) is 18.6 Å². The van der Waals surface area contributed by atoms with E-state index in [2.05, 4.69) is 36.4 Å². The molecule has 1 aliphatic rings. The van der Waals surface area contributed by atoms with Crippen LogP contribution in [0.5, 0.6) is 5.75 Å². The highest BCUT2D eigenvalue weighted by molar-refractivity contribution is 5.98. The third-order valence-corrected chi connectivity index (χ3v) is 5.61. The Labute approximate surface area is 177 Å². The first-order valence-corrected chi connectivity index (χ1v) is 10.3. The van der Waals surface area contributed by atoms with Crippen LogP contribution < -0.4 is 4.74 Å². The van der Waals surface area contributed by atoms with E-state index >= 15 is 0 Å². The van der Waals surface area contributed by atoms with Gasteiger partial charge in [0.2, 0.25) is 0 Å². The molecule has 0 N–H and O–H groups in total. The molecule has 0 spiro atoms. The molecule has 1 aliphatic heterocycles. The van der Waals surface area contributed by atoms with Gasteiger partial charge >= 0.3 is 0 Å². The zero-order valence-electron chi connectivity index (χ0n) is 17.5. The highest BCUT2D eigenvalue weighted by Gasteiger charge is 2.17. The molecule has 5 nitrogen and oxygen atoms in total. The normalized spacial score (nSPS) is 15.2. The zero-order chi connectivity index (χ0) is 20.9. The fourth-order valence-corrected chi connectivity index (χ4v) is 3.72. The van der Waals surface area contributed by atoms with Crippen molar-refractivity contribution in [3.63, 3.8) is 0 Å². The molecule has 156 valence electrons. The number of carbonyl (C=O) groups excluding carboxylic acids is 1. The Hall–Kier alpha value is -2.89. The van der Waals surface area contributed by atoms with E-state index in [1.165, 1.54) is 0 Å². The molecule has 30 heavy (non-hydrogen) atoms. The van der Waals surface area contributed by atoms with Crippen LogP contribution in [-0.4, -0.2) is 50.8 Å². The van der Waals surface area contributed by atoms with E-state index in [1.54, 1.807) is 12.0 Å². The molecule has 1 heterocycles. The van der Waals surface area contributed by atoms with Crippen molar-refractivity contribution in [3.05, 3.63) is 66.2 Å². The molecule has 5 heteroatoms. The van der Waals surface area contributed by atoms with Crippen LogP contribution in [0.3, 0.4) is 0 Å². The first kappa shape index (κ1) is 20.4. The average molecular weight is 405 g/mol. The fourth-order valence-electron chi connectivity index (χ4n) is 3.72. The van der Waals surface area contributed by atoms with Crippen molar-refractivity contribution >= 4 is 16.7 Å². The zero-order valence-corrected chi connectivity index (χ0v) is 17.5. The third kappa shape index (κ3) is 4.48. The summed E-state index contributed by atoms with van der Waals surface area (Å²) >= 11 is 0. The Morgan fingerprint density at radius 1 is 1.07 bits per heavy atom. The van der Waals surface area contributed by atoms with E-state index in [0.29, 0.717) is 32.1 Å². The quantitative estimate of drug-likeness (QED) is 0.608. The lowest BCUT2D eigenvalue weighted by Gasteiger charge is -2.26. The van der Waals surface area contributed by atoms with Crippen LogP contribution in [0.15, 0.2) is 60.7 Å². The van der Waals surface area contributed by atoms with E-state index in [4.69, 9.17) is 14.2 Å². The van der Waals surface area contributed by atoms with Gasteiger partial charge in [-0.05, 0) is 46.5 Å². The molecular formula is C25H27NO4. The summed E-state index contributed by atoms with van der Waals surface area (Å²) in [4.78, 5) is 14.2. The Kier molecular flexibility index (Phi) is 6.31. The minimum atomic E-state index is -0.00841. The van der Waals surface area contributed by atoms with Crippen LogP contribution >= 0.6 is 0 Å². The largest absolute Gasteiger partial charge is 0.484 e. The fraction of sp³-hybridized carbons (Fsp3) is 0.320. The molecule has 0 aliphatic carbocycles. The molecule has 1 atom stereocenters. The number of carbonyl (C=O) groups is 1. The lowest BCUT2D eigenvalue weighted by molar-refractivity contribution is -0.137. The van der Waals surface area contributed by atoms with Crippen molar-refractivity contribution in [1.82, 2.24) is 4.90 Å². The summed E-state index contributed by atoms with van der Waals surface area (Å²) in [6.45, 7) is 4.48. The van der Waals surface area contributed by atoms with Crippen molar-refractivity contribution in [2.45, 2.75) is 13.0 Å². The number of nitrogens with zero attached hydrogens (tertiary/aromatic N) is 1. The van der Waals surface area contributed by atoms with E-state index < -0.39 is 0 Å². The van der Waals surface area contributed by atoms with Gasteiger partial charge in [-0.15, -0.1) is 0 Å². The van der Waals surface area contributed by atoms with Crippen LogP contribution in [0.1, 0.15) is 18.6 Å². The number of amides is 1. The van der Waals surface area contributed by atoms with E-state index in [1.807, 2.05) is 31.2 Å². The third-order valence-electron chi connectivity index (χ3n) is 5.61.